The van der Waals surface area contributed by atoms with Crippen LogP contribution < -0.4 is 0 Å². The Bertz CT molecular complexity index is 1070. The van der Waals surface area contributed by atoms with Gasteiger partial charge in [0.15, 0.2) is 6.10 Å². The molecule has 1 atom stereocenters. The lowest BCUT2D eigenvalue weighted by atomic mass is 10.0. The Hall–Kier alpha value is -2.11. The van der Waals surface area contributed by atoms with Crippen LogP contribution in [0.2, 0.25) is 0 Å². The van der Waals surface area contributed by atoms with Crippen molar-refractivity contribution in [1.82, 2.24) is 0 Å². The van der Waals surface area contributed by atoms with Crippen molar-refractivity contribution in [3.63, 3.8) is 0 Å². The molecule has 0 saturated heterocycles. The molecule has 0 rings (SSSR count). The van der Waals surface area contributed by atoms with E-state index in [1.165, 1.54) is 212 Å². The maximum Gasteiger partial charge on any atom is 0.306 e. The fourth-order valence-electron chi connectivity index (χ4n) is 8.73. The molecule has 0 aliphatic heterocycles. The Kier molecular flexibility index (Phi) is 53.7. The highest BCUT2D eigenvalue weighted by Crippen LogP contribution is 2.17. The van der Waals surface area contributed by atoms with Crippen LogP contribution in [0.5, 0.6) is 0 Å². The van der Waals surface area contributed by atoms with E-state index in [4.69, 9.17) is 14.2 Å². The van der Waals surface area contributed by atoms with Crippen molar-refractivity contribution in [3.8, 4) is 0 Å². The molecular weight excluding hydrogens is 817 g/mol. The van der Waals surface area contributed by atoms with Gasteiger partial charge in [-0.05, 0) is 70.6 Å². The second-order valence-electron chi connectivity index (χ2n) is 19.9. The molecule has 0 spiro atoms. The molecule has 0 amide bonds. The van der Waals surface area contributed by atoms with Crippen molar-refractivity contribution in [2.45, 2.75) is 329 Å². The lowest BCUT2D eigenvalue weighted by molar-refractivity contribution is -0.167. The molecule has 388 valence electrons. The molecule has 0 N–H and O–H groups in total. The predicted molar refractivity (Wildman–Crippen MR) is 284 cm³/mol. The summed E-state index contributed by atoms with van der Waals surface area (Å²) in [5, 5.41) is 0. The number of ether oxygens (including phenoxy) is 3. The number of hydrogen-bond acceptors (Lipinski definition) is 6. The van der Waals surface area contributed by atoms with Crippen LogP contribution in [0.4, 0.5) is 0 Å². The monoisotopic (exact) mass is 929 g/mol. The number of unbranched alkanes of at least 4 members (excludes halogenated alkanes) is 39. The molecule has 6 nitrogen and oxygen atoms in total. The van der Waals surface area contributed by atoms with Crippen LogP contribution in [-0.2, 0) is 28.6 Å². The van der Waals surface area contributed by atoms with Gasteiger partial charge in [-0.15, -0.1) is 0 Å². The summed E-state index contributed by atoms with van der Waals surface area (Å²) < 4.78 is 16.9. The minimum atomic E-state index is -0.775. The van der Waals surface area contributed by atoms with E-state index in [2.05, 4.69) is 45.1 Å². The third-order valence-electron chi connectivity index (χ3n) is 13.2. The highest BCUT2D eigenvalue weighted by Gasteiger charge is 2.19. The van der Waals surface area contributed by atoms with Gasteiger partial charge in [0.25, 0.3) is 0 Å². The third kappa shape index (κ3) is 52.9. The highest BCUT2D eigenvalue weighted by atomic mass is 16.6. The molecule has 6 heteroatoms. The highest BCUT2D eigenvalue weighted by molar-refractivity contribution is 5.71. The van der Waals surface area contributed by atoms with Crippen LogP contribution in [0.15, 0.2) is 24.3 Å². The molecule has 66 heavy (non-hydrogen) atoms. The van der Waals surface area contributed by atoms with Crippen LogP contribution in [-0.4, -0.2) is 37.2 Å². The first kappa shape index (κ1) is 63.9. The number of carbonyl (C=O) groups is 3. The summed E-state index contributed by atoms with van der Waals surface area (Å²) in [6.07, 6.45) is 64.6. The van der Waals surface area contributed by atoms with Crippen molar-refractivity contribution < 1.29 is 28.6 Å². The summed E-state index contributed by atoms with van der Waals surface area (Å²) >= 11 is 0. The van der Waals surface area contributed by atoms with Gasteiger partial charge < -0.3 is 14.2 Å². The van der Waals surface area contributed by atoms with Gasteiger partial charge >= 0.3 is 17.9 Å². The SMILES string of the molecule is CCCCCC/C=C\CCCCCCCC(=O)OCC(COC(=O)CCCCCCCCCCCCCCCCCCCCCCC)OC(=O)CCCCCCC/C=C\CCCCCCC. The largest absolute Gasteiger partial charge is 0.462 e. The van der Waals surface area contributed by atoms with Gasteiger partial charge in [-0.2, -0.15) is 0 Å². The van der Waals surface area contributed by atoms with Gasteiger partial charge in [0.1, 0.15) is 13.2 Å². The number of esters is 3. The maximum absolute atomic E-state index is 12.8. The molecule has 0 bridgehead atoms. The van der Waals surface area contributed by atoms with E-state index in [-0.39, 0.29) is 31.1 Å². The predicted octanol–water partition coefficient (Wildman–Crippen LogP) is 19.5. The van der Waals surface area contributed by atoms with Crippen LogP contribution in [0.1, 0.15) is 323 Å². The second kappa shape index (κ2) is 55.5. The van der Waals surface area contributed by atoms with Crippen molar-refractivity contribution in [3.05, 3.63) is 24.3 Å². The normalized spacial score (nSPS) is 12.1. The standard InChI is InChI=1S/C60H112O6/c1-4-7-10-13-16-19-22-25-27-28-29-30-31-32-33-36-38-41-44-47-50-53-59(62)65-56-57(55-64-58(61)52-49-46-43-40-37-34-24-21-18-15-12-9-6-3)66-60(63)54-51-48-45-42-39-35-26-23-20-17-14-11-8-5-2/h21,23-24,26,57H,4-20,22,25,27-56H2,1-3H3/b24-21-,26-23-. The van der Waals surface area contributed by atoms with Crippen LogP contribution >= 0.6 is 0 Å². The summed E-state index contributed by atoms with van der Waals surface area (Å²) in [5.74, 6) is -0.871. The molecule has 0 fully saturated rings. The van der Waals surface area contributed by atoms with Crippen molar-refractivity contribution >= 4 is 17.9 Å². The summed E-state index contributed by atoms with van der Waals surface area (Å²) in [6, 6.07) is 0. The first-order valence-corrected chi connectivity index (χ1v) is 29.3. The maximum atomic E-state index is 12.8. The Morgan fingerprint density at radius 1 is 0.288 bits per heavy atom. The Labute approximate surface area is 411 Å². The van der Waals surface area contributed by atoms with Gasteiger partial charge in [-0.3, -0.25) is 14.4 Å². The molecule has 0 saturated carbocycles. The van der Waals surface area contributed by atoms with E-state index in [1.807, 2.05) is 0 Å². The van der Waals surface area contributed by atoms with Gasteiger partial charge in [0.2, 0.25) is 0 Å². The van der Waals surface area contributed by atoms with Crippen molar-refractivity contribution in [2.24, 2.45) is 0 Å². The molecule has 0 aliphatic carbocycles. The Morgan fingerprint density at radius 3 is 0.773 bits per heavy atom. The minimum Gasteiger partial charge on any atom is -0.462 e. The number of carbonyl (C=O) groups excluding carboxylic acids is 3. The average Bonchev–Trinajstić information content (AvgIpc) is 3.31. The first-order chi connectivity index (χ1) is 32.5. The third-order valence-corrected chi connectivity index (χ3v) is 13.2. The summed E-state index contributed by atoms with van der Waals surface area (Å²) in [5.41, 5.74) is 0. The van der Waals surface area contributed by atoms with E-state index < -0.39 is 6.10 Å². The molecular formula is C60H112O6. The van der Waals surface area contributed by atoms with Crippen molar-refractivity contribution in [2.75, 3.05) is 13.2 Å². The van der Waals surface area contributed by atoms with E-state index in [1.54, 1.807) is 0 Å². The van der Waals surface area contributed by atoms with Gasteiger partial charge in [-0.25, -0.2) is 0 Å². The van der Waals surface area contributed by atoms with E-state index in [9.17, 15) is 14.4 Å². The van der Waals surface area contributed by atoms with Gasteiger partial charge in [0.05, 0.1) is 0 Å². The van der Waals surface area contributed by atoms with E-state index >= 15 is 0 Å². The quantitative estimate of drug-likeness (QED) is 0.0262. The lowest BCUT2D eigenvalue weighted by Crippen LogP contribution is -2.30. The zero-order chi connectivity index (χ0) is 47.9. The molecule has 1 unspecified atom stereocenters. The molecule has 0 aromatic heterocycles. The molecule has 0 aliphatic rings. The lowest BCUT2D eigenvalue weighted by Gasteiger charge is -2.18. The fourth-order valence-corrected chi connectivity index (χ4v) is 8.73. The summed E-state index contributed by atoms with van der Waals surface area (Å²) in [7, 11) is 0. The second-order valence-corrected chi connectivity index (χ2v) is 19.9. The van der Waals surface area contributed by atoms with Crippen LogP contribution in [0.25, 0.3) is 0 Å². The number of allylic oxidation sites excluding steroid dienone is 4. The van der Waals surface area contributed by atoms with Crippen LogP contribution in [0, 0.1) is 0 Å². The van der Waals surface area contributed by atoms with E-state index in [0.29, 0.717) is 19.3 Å². The first-order valence-electron chi connectivity index (χ1n) is 29.3. The zero-order valence-corrected chi connectivity index (χ0v) is 44.5. The number of hydrogen-bond donors (Lipinski definition) is 0. The van der Waals surface area contributed by atoms with Crippen LogP contribution in [0.3, 0.4) is 0 Å². The molecule has 0 aromatic rings. The minimum absolute atomic E-state index is 0.0729. The molecule has 0 aromatic carbocycles. The number of rotatable bonds is 54. The van der Waals surface area contributed by atoms with Gasteiger partial charge in [0, 0.05) is 19.3 Å². The molecule has 0 heterocycles. The smallest absolute Gasteiger partial charge is 0.306 e. The Morgan fingerprint density at radius 2 is 0.500 bits per heavy atom. The fraction of sp³-hybridized carbons (Fsp3) is 0.883. The summed E-state index contributed by atoms with van der Waals surface area (Å²) in [6.45, 7) is 6.65. The average molecular weight is 930 g/mol. The van der Waals surface area contributed by atoms with E-state index in [0.717, 1.165) is 70.6 Å². The van der Waals surface area contributed by atoms with Crippen molar-refractivity contribution in [1.29, 1.82) is 0 Å². The Balaban J connectivity index is 4.27. The zero-order valence-electron chi connectivity index (χ0n) is 44.5. The summed E-state index contributed by atoms with van der Waals surface area (Å²) in [4.78, 5) is 38.1. The molecule has 0 radical (unpaired) electrons. The van der Waals surface area contributed by atoms with Gasteiger partial charge in [-0.1, -0.05) is 257 Å². The topological polar surface area (TPSA) is 78.9 Å².